The van der Waals surface area contributed by atoms with Crippen LogP contribution in [0.2, 0.25) is 0 Å². The Morgan fingerprint density at radius 2 is 1.44 bits per heavy atom. The molecular weight excluding hydrogens is 408 g/mol. The van der Waals surface area contributed by atoms with Crippen LogP contribution in [0.3, 0.4) is 0 Å². The number of Topliss-reactive ketones (excluding diaryl/α,β-unsaturated/α-hetero) is 1. The Bertz CT molecular complexity index is 770. The number of ketones is 1. The molecule has 0 bridgehead atoms. The lowest BCUT2D eigenvalue weighted by Gasteiger charge is -2.31. The van der Waals surface area contributed by atoms with Crippen LogP contribution in [0.1, 0.15) is 47.0 Å². The molecule has 27 heavy (non-hydrogen) atoms. The second-order valence-corrected chi connectivity index (χ2v) is 11.2. The van der Waals surface area contributed by atoms with Crippen LogP contribution in [0.15, 0.2) is 0 Å². The summed E-state index contributed by atoms with van der Waals surface area (Å²) in [7, 11) is -11.7. The molecule has 1 unspecified atom stereocenters. The summed E-state index contributed by atoms with van der Waals surface area (Å²) < 4.78 is 78.9. The summed E-state index contributed by atoms with van der Waals surface area (Å²) in [6, 6.07) is 0. The lowest BCUT2D eigenvalue weighted by Crippen LogP contribution is -2.56. The van der Waals surface area contributed by atoms with Gasteiger partial charge >= 0.3 is 10.6 Å². The number of nitrogens with zero attached hydrogens (tertiary/aromatic N) is 1. The number of hydrogen-bond donors (Lipinski definition) is 0. The average molecular weight is 433 g/mol. The highest BCUT2D eigenvalue weighted by Gasteiger charge is 2.65. The second-order valence-electron chi connectivity index (χ2n) is 6.90. The number of sulfonamides is 1. The van der Waals surface area contributed by atoms with Crippen molar-refractivity contribution in [1.82, 2.24) is 4.31 Å². The van der Waals surface area contributed by atoms with Crippen LogP contribution in [0.25, 0.3) is 0 Å². The van der Waals surface area contributed by atoms with Crippen molar-refractivity contribution >= 4 is 31.6 Å². The summed E-state index contributed by atoms with van der Waals surface area (Å²) >= 11 is 0. The van der Waals surface area contributed by atoms with E-state index >= 15 is 0 Å². The minimum atomic E-state index is -6.08. The van der Waals surface area contributed by atoms with Gasteiger partial charge in [-0.05, 0) is 26.7 Å². The van der Waals surface area contributed by atoms with Gasteiger partial charge in [0, 0.05) is 19.0 Å². The van der Waals surface area contributed by atoms with Crippen molar-refractivity contribution in [2.24, 2.45) is 5.92 Å². The highest BCUT2D eigenvalue weighted by atomic mass is 32.3. The minimum Gasteiger partial charge on any atom is -0.462 e. The zero-order chi connectivity index (χ0) is 21.2. The average Bonchev–Trinajstić information content (AvgIpc) is 2.54. The Balaban J connectivity index is 3.45. The van der Waals surface area contributed by atoms with Gasteiger partial charge < -0.3 is 4.74 Å². The van der Waals surface area contributed by atoms with Crippen LogP contribution >= 0.6 is 0 Å². The number of rotatable bonds is 8. The van der Waals surface area contributed by atoms with Gasteiger partial charge in [0.2, 0.25) is 5.25 Å². The summed E-state index contributed by atoms with van der Waals surface area (Å²) in [6.45, 7) is 4.59. The summed E-state index contributed by atoms with van der Waals surface area (Å²) in [5.41, 5.74) is 0. The predicted molar refractivity (Wildman–Crippen MR) is 93.1 cm³/mol. The van der Waals surface area contributed by atoms with Crippen LogP contribution in [0, 0.1) is 5.92 Å². The van der Waals surface area contributed by atoms with Gasteiger partial charge in [-0.1, -0.05) is 20.3 Å². The summed E-state index contributed by atoms with van der Waals surface area (Å²) in [4.78, 5) is 24.4. The Labute approximate surface area is 158 Å². The Hall–Kier alpha value is -1.14. The standard InChI is InChI=1S/C15H25F2NO7S2/c1-10(2)12(19)13(14(20)25-11(3)4)26(21,22)15(16,17)27(23,24)18-8-6-5-7-9-18/h10-11,13H,5-9H2,1-4H3. The van der Waals surface area contributed by atoms with E-state index < -0.39 is 53.5 Å². The van der Waals surface area contributed by atoms with Crippen LogP contribution < -0.4 is 0 Å². The van der Waals surface area contributed by atoms with Crippen LogP contribution in [0.4, 0.5) is 8.78 Å². The van der Waals surface area contributed by atoms with Gasteiger partial charge in [0.1, 0.15) is 0 Å². The first-order valence-electron chi connectivity index (χ1n) is 8.53. The van der Waals surface area contributed by atoms with E-state index in [0.717, 1.165) is 0 Å². The molecule has 1 atom stereocenters. The Morgan fingerprint density at radius 1 is 0.963 bits per heavy atom. The van der Waals surface area contributed by atoms with Crippen LogP contribution in [-0.2, 0) is 34.2 Å². The molecule has 12 heteroatoms. The maximum atomic E-state index is 14.8. The minimum absolute atomic E-state index is 0.257. The molecule has 0 radical (unpaired) electrons. The third kappa shape index (κ3) is 4.65. The van der Waals surface area contributed by atoms with E-state index in [1.807, 2.05) is 0 Å². The third-order valence-electron chi connectivity index (χ3n) is 3.99. The molecule has 0 aromatic carbocycles. The van der Waals surface area contributed by atoms with Gasteiger partial charge in [-0.2, -0.15) is 13.1 Å². The molecule has 1 saturated heterocycles. The first kappa shape index (κ1) is 23.9. The molecule has 0 aromatic rings. The first-order valence-corrected chi connectivity index (χ1v) is 11.5. The zero-order valence-corrected chi connectivity index (χ0v) is 17.3. The van der Waals surface area contributed by atoms with Crippen molar-refractivity contribution in [2.45, 2.75) is 62.9 Å². The number of carbonyl (C=O) groups is 2. The molecule has 0 spiro atoms. The van der Waals surface area contributed by atoms with E-state index in [-0.39, 0.29) is 13.1 Å². The molecule has 0 N–H and O–H groups in total. The van der Waals surface area contributed by atoms with E-state index in [1.165, 1.54) is 27.7 Å². The summed E-state index contributed by atoms with van der Waals surface area (Å²) in [6.07, 6.45) is 0.347. The lowest BCUT2D eigenvalue weighted by atomic mass is 10.1. The smallest absolute Gasteiger partial charge is 0.460 e. The van der Waals surface area contributed by atoms with Crippen molar-refractivity contribution < 1.29 is 39.9 Å². The fourth-order valence-corrected chi connectivity index (χ4v) is 6.51. The Kier molecular flexibility index (Phi) is 7.50. The van der Waals surface area contributed by atoms with Gasteiger partial charge in [0.05, 0.1) is 6.10 Å². The largest absolute Gasteiger partial charge is 0.462 e. The number of hydrogen-bond acceptors (Lipinski definition) is 7. The maximum absolute atomic E-state index is 14.8. The molecule has 1 fully saturated rings. The number of carbonyl (C=O) groups excluding carboxylic acids is 2. The fourth-order valence-electron chi connectivity index (χ4n) is 2.53. The summed E-state index contributed by atoms with van der Waals surface area (Å²) in [5.74, 6) is -4.18. The van der Waals surface area contributed by atoms with Gasteiger partial charge in [-0.3, -0.25) is 9.59 Å². The highest BCUT2D eigenvalue weighted by Crippen LogP contribution is 2.36. The molecular formula is C15H25F2NO7S2. The van der Waals surface area contributed by atoms with E-state index in [2.05, 4.69) is 4.74 Å². The van der Waals surface area contributed by atoms with E-state index in [1.54, 1.807) is 0 Å². The molecule has 1 rings (SSSR count). The van der Waals surface area contributed by atoms with Crippen molar-refractivity contribution in [1.29, 1.82) is 0 Å². The predicted octanol–water partition coefficient (Wildman–Crippen LogP) is 1.31. The van der Waals surface area contributed by atoms with Crippen LogP contribution in [0.5, 0.6) is 0 Å². The first-order chi connectivity index (χ1) is 12.2. The van der Waals surface area contributed by atoms with E-state index in [4.69, 9.17) is 0 Å². The summed E-state index contributed by atoms with van der Waals surface area (Å²) in [5, 5.41) is -2.92. The van der Waals surface area contributed by atoms with Crippen LogP contribution in [-0.4, -0.2) is 61.9 Å². The molecule has 1 heterocycles. The molecule has 1 aliphatic rings. The SMILES string of the molecule is CC(C)OC(=O)C(C(=O)C(C)C)S(=O)(=O)C(F)(F)S(=O)(=O)N1CCCCC1. The number of ether oxygens (including phenoxy) is 1. The van der Waals surface area contributed by atoms with E-state index in [9.17, 15) is 35.2 Å². The Morgan fingerprint density at radius 3 is 1.85 bits per heavy atom. The molecule has 0 saturated carbocycles. The number of sulfone groups is 1. The zero-order valence-electron chi connectivity index (χ0n) is 15.6. The highest BCUT2D eigenvalue weighted by molar-refractivity contribution is 8.09. The number of halogens is 2. The molecule has 0 aliphatic carbocycles. The molecule has 1 aliphatic heterocycles. The van der Waals surface area contributed by atoms with Crippen molar-refractivity contribution in [2.75, 3.05) is 13.1 Å². The number of esters is 1. The lowest BCUT2D eigenvalue weighted by molar-refractivity contribution is -0.149. The quantitative estimate of drug-likeness (QED) is 0.419. The molecule has 0 aromatic heterocycles. The number of piperidine rings is 1. The monoisotopic (exact) mass is 433 g/mol. The topological polar surface area (TPSA) is 115 Å². The fraction of sp³-hybridized carbons (Fsp3) is 0.867. The van der Waals surface area contributed by atoms with Gasteiger partial charge in [-0.25, -0.2) is 16.8 Å². The van der Waals surface area contributed by atoms with Gasteiger partial charge in [0.15, 0.2) is 5.78 Å². The van der Waals surface area contributed by atoms with Gasteiger partial charge in [0.25, 0.3) is 19.9 Å². The normalized spacial score (nSPS) is 18.5. The van der Waals surface area contributed by atoms with Crippen molar-refractivity contribution in [3.05, 3.63) is 0 Å². The third-order valence-corrected chi connectivity index (χ3v) is 8.67. The second kappa shape index (κ2) is 8.48. The maximum Gasteiger partial charge on any atom is 0.460 e. The number of alkyl halides is 2. The van der Waals surface area contributed by atoms with Crippen molar-refractivity contribution in [3.63, 3.8) is 0 Å². The molecule has 158 valence electrons. The van der Waals surface area contributed by atoms with Crippen molar-refractivity contribution in [3.8, 4) is 0 Å². The van der Waals surface area contributed by atoms with Gasteiger partial charge in [-0.15, -0.1) is 0 Å². The van der Waals surface area contributed by atoms with E-state index in [0.29, 0.717) is 23.6 Å². The molecule has 0 amide bonds. The molecule has 8 nitrogen and oxygen atoms in total.